The molecule has 0 saturated carbocycles. The van der Waals surface area contributed by atoms with Crippen LogP contribution < -0.4 is 5.32 Å². The van der Waals surface area contributed by atoms with Crippen molar-refractivity contribution >= 4 is 21.8 Å². The zero-order chi connectivity index (χ0) is 24.9. The van der Waals surface area contributed by atoms with Gasteiger partial charge < -0.3 is 29.4 Å². The number of allylic oxidation sites excluding steroid dienone is 1. The number of nitrogens with one attached hydrogen (secondary N) is 1. The molecule has 0 saturated heterocycles. The second-order valence-corrected chi connectivity index (χ2v) is 9.03. The van der Waals surface area contributed by atoms with E-state index in [-0.39, 0.29) is 30.1 Å². The molecule has 0 aliphatic carbocycles. The minimum Gasteiger partial charge on any atom is -0.459 e. The maximum atomic E-state index is 13.0. The molecule has 0 aromatic heterocycles. The van der Waals surface area contributed by atoms with Crippen LogP contribution in [0, 0.1) is 5.92 Å². The molecule has 2 N–H and O–H groups in total. The van der Waals surface area contributed by atoms with E-state index in [0.717, 1.165) is 15.6 Å². The number of halogens is 1. The molecule has 8 heteroatoms. The van der Waals surface area contributed by atoms with Crippen LogP contribution in [0.1, 0.15) is 30.4 Å². The molecule has 0 fully saturated rings. The maximum Gasteiger partial charge on any atom is 0.286 e. The fourth-order valence-electron chi connectivity index (χ4n) is 3.97. The Morgan fingerprint density at radius 3 is 2.43 bits per heavy atom. The van der Waals surface area contributed by atoms with Crippen LogP contribution in [0.3, 0.4) is 0 Å². The summed E-state index contributed by atoms with van der Waals surface area (Å²) in [4.78, 5) is 13.0. The number of carbonyl (C=O) groups excluding carboxylic acids is 1. The third-order valence-electron chi connectivity index (χ3n) is 5.69. The van der Waals surface area contributed by atoms with Crippen LogP contribution in [0.2, 0.25) is 0 Å². The Bertz CT molecular complexity index is 921. The average molecular weight is 548 g/mol. The van der Waals surface area contributed by atoms with Gasteiger partial charge in [0.05, 0.1) is 26.4 Å². The lowest BCUT2D eigenvalue weighted by Crippen LogP contribution is -2.39. The molecule has 2 aromatic carbocycles. The maximum absolute atomic E-state index is 13.0. The van der Waals surface area contributed by atoms with Gasteiger partial charge in [-0.25, -0.2) is 0 Å². The summed E-state index contributed by atoms with van der Waals surface area (Å²) in [5.41, 5.74) is 2.09. The standard InChI is InChI=1S/C27H34BrNO6/c1-2-34-27-23(12-14-32-16-17-33-15-13-30)24(21-6-4-3-5-7-21)18-25(35-27)26(31)29-19-20-8-10-22(28)11-9-20/h3-11,18,23-24,27,30H,2,12-17,19H2,1H3,(H,29,31)/t23-,24+,27+/m1/s1. The first-order valence-electron chi connectivity index (χ1n) is 12.0. The van der Waals surface area contributed by atoms with E-state index in [2.05, 4.69) is 33.4 Å². The molecule has 190 valence electrons. The molecule has 0 spiro atoms. The van der Waals surface area contributed by atoms with Crippen LogP contribution in [0.4, 0.5) is 0 Å². The van der Waals surface area contributed by atoms with Crippen molar-refractivity contribution in [2.75, 3.05) is 39.6 Å². The minimum atomic E-state index is -0.571. The molecular weight excluding hydrogens is 514 g/mol. The van der Waals surface area contributed by atoms with Gasteiger partial charge in [0.25, 0.3) is 5.91 Å². The van der Waals surface area contributed by atoms with Gasteiger partial charge in [-0.15, -0.1) is 0 Å². The number of benzene rings is 2. The molecule has 1 amide bonds. The third kappa shape index (κ3) is 8.74. The van der Waals surface area contributed by atoms with Gasteiger partial charge >= 0.3 is 0 Å². The second kappa shape index (κ2) is 15.0. The molecule has 7 nitrogen and oxygen atoms in total. The zero-order valence-corrected chi connectivity index (χ0v) is 21.6. The summed E-state index contributed by atoms with van der Waals surface area (Å²) in [6, 6.07) is 17.9. The predicted octanol–water partition coefficient (Wildman–Crippen LogP) is 4.16. The number of rotatable bonds is 14. The Hall–Kier alpha value is -2.23. The molecule has 0 radical (unpaired) electrons. The second-order valence-electron chi connectivity index (χ2n) is 8.12. The van der Waals surface area contributed by atoms with Crippen LogP contribution in [0.5, 0.6) is 0 Å². The van der Waals surface area contributed by atoms with Crippen molar-refractivity contribution in [2.45, 2.75) is 32.1 Å². The zero-order valence-electron chi connectivity index (χ0n) is 20.0. The van der Waals surface area contributed by atoms with Gasteiger partial charge in [-0.3, -0.25) is 4.79 Å². The van der Waals surface area contributed by atoms with Gasteiger partial charge in [0.15, 0.2) is 5.76 Å². The van der Waals surface area contributed by atoms with Gasteiger partial charge in [-0.1, -0.05) is 58.4 Å². The van der Waals surface area contributed by atoms with Crippen LogP contribution in [-0.2, 0) is 30.3 Å². The largest absolute Gasteiger partial charge is 0.459 e. The van der Waals surface area contributed by atoms with Crippen LogP contribution in [0.15, 0.2) is 70.9 Å². The van der Waals surface area contributed by atoms with Crippen molar-refractivity contribution in [1.29, 1.82) is 0 Å². The van der Waals surface area contributed by atoms with Crippen molar-refractivity contribution in [2.24, 2.45) is 5.92 Å². The summed E-state index contributed by atoms with van der Waals surface area (Å²) in [7, 11) is 0. The van der Waals surface area contributed by atoms with Gasteiger partial charge in [-0.05, 0) is 42.7 Å². The number of aliphatic hydroxyl groups is 1. The van der Waals surface area contributed by atoms with Crippen LogP contribution >= 0.6 is 15.9 Å². The van der Waals surface area contributed by atoms with Crippen LogP contribution in [0.25, 0.3) is 0 Å². The lowest BCUT2D eigenvalue weighted by atomic mass is 9.81. The summed E-state index contributed by atoms with van der Waals surface area (Å²) in [5.74, 6) is -0.0961. The van der Waals surface area contributed by atoms with E-state index in [1.165, 1.54) is 0 Å². The smallest absolute Gasteiger partial charge is 0.286 e. The van der Waals surface area contributed by atoms with Gasteiger partial charge in [0.2, 0.25) is 6.29 Å². The molecule has 3 atom stereocenters. The fourth-order valence-corrected chi connectivity index (χ4v) is 4.24. The summed E-state index contributed by atoms with van der Waals surface area (Å²) in [5, 5.41) is 11.7. The highest BCUT2D eigenvalue weighted by Gasteiger charge is 2.37. The van der Waals surface area contributed by atoms with E-state index in [4.69, 9.17) is 24.1 Å². The SMILES string of the molecule is CCO[C@H]1OC(C(=O)NCc2ccc(Br)cc2)=C[C@@H](c2ccccc2)[C@H]1CCOCCOCCO. The first kappa shape index (κ1) is 27.4. The van der Waals surface area contributed by atoms with Crippen molar-refractivity contribution in [3.05, 3.63) is 82.0 Å². The topological polar surface area (TPSA) is 86.3 Å². The van der Waals surface area contributed by atoms with E-state index in [1.54, 1.807) is 0 Å². The van der Waals surface area contributed by atoms with E-state index >= 15 is 0 Å². The number of amides is 1. The molecule has 0 unspecified atom stereocenters. The Balaban J connectivity index is 1.70. The van der Waals surface area contributed by atoms with Crippen molar-refractivity contribution in [3.63, 3.8) is 0 Å². The summed E-state index contributed by atoms with van der Waals surface area (Å²) in [6.45, 7) is 4.47. The predicted molar refractivity (Wildman–Crippen MR) is 137 cm³/mol. The Labute approximate surface area is 215 Å². The van der Waals surface area contributed by atoms with Gasteiger partial charge in [0.1, 0.15) is 0 Å². The first-order valence-corrected chi connectivity index (χ1v) is 12.8. The first-order chi connectivity index (χ1) is 17.1. The van der Waals surface area contributed by atoms with Gasteiger partial charge in [-0.2, -0.15) is 0 Å². The van der Waals surface area contributed by atoms with Crippen LogP contribution in [-0.4, -0.2) is 56.9 Å². The number of carbonyl (C=O) groups is 1. The minimum absolute atomic E-state index is 0.000417. The molecule has 35 heavy (non-hydrogen) atoms. The number of aliphatic hydroxyl groups excluding tert-OH is 1. The normalized spacial score (nSPS) is 19.6. The number of hydrogen-bond acceptors (Lipinski definition) is 6. The van der Waals surface area contributed by atoms with E-state index in [1.807, 2.05) is 55.5 Å². The number of hydrogen-bond donors (Lipinski definition) is 2. The molecule has 0 bridgehead atoms. The summed E-state index contributed by atoms with van der Waals surface area (Å²) < 4.78 is 24.0. The van der Waals surface area contributed by atoms with Crippen molar-refractivity contribution < 1.29 is 28.8 Å². The summed E-state index contributed by atoms with van der Waals surface area (Å²) >= 11 is 3.43. The molecule has 1 aliphatic heterocycles. The van der Waals surface area contributed by atoms with Crippen molar-refractivity contribution in [3.8, 4) is 0 Å². The molecule has 2 aromatic rings. The number of ether oxygens (including phenoxy) is 4. The highest BCUT2D eigenvalue weighted by atomic mass is 79.9. The van der Waals surface area contributed by atoms with E-state index in [0.29, 0.717) is 46.0 Å². The summed E-state index contributed by atoms with van der Waals surface area (Å²) in [6.07, 6.45) is 2.02. The quantitative estimate of drug-likeness (QED) is 0.345. The highest BCUT2D eigenvalue weighted by Crippen LogP contribution is 2.38. The Morgan fingerprint density at radius 1 is 1.03 bits per heavy atom. The molecule has 3 rings (SSSR count). The fraction of sp³-hybridized carbons (Fsp3) is 0.444. The van der Waals surface area contributed by atoms with E-state index < -0.39 is 6.29 Å². The molecule has 1 aliphatic rings. The highest BCUT2D eigenvalue weighted by molar-refractivity contribution is 9.10. The lowest BCUT2D eigenvalue weighted by molar-refractivity contribution is -0.168. The monoisotopic (exact) mass is 547 g/mol. The Kier molecular flexibility index (Phi) is 11.7. The van der Waals surface area contributed by atoms with Gasteiger partial charge in [0, 0.05) is 36.1 Å². The molecular formula is C27H34BrNO6. The Morgan fingerprint density at radius 2 is 1.74 bits per heavy atom. The average Bonchev–Trinajstić information content (AvgIpc) is 2.88. The van der Waals surface area contributed by atoms with Crippen molar-refractivity contribution in [1.82, 2.24) is 5.32 Å². The molecule has 1 heterocycles. The lowest BCUT2D eigenvalue weighted by Gasteiger charge is -2.37. The van der Waals surface area contributed by atoms with E-state index in [9.17, 15) is 4.79 Å². The third-order valence-corrected chi connectivity index (χ3v) is 6.22.